The van der Waals surface area contributed by atoms with Gasteiger partial charge in [-0.25, -0.2) is 0 Å². The maximum absolute atomic E-state index is 11.9. The highest BCUT2D eigenvalue weighted by atomic mass is 16.1. The monoisotopic (exact) mass is 305 g/mol. The number of aldehydes is 1. The number of carbonyl (C=O) groups is 1. The number of carbonyl (C=O) groups excluding carboxylic acids is 1. The van der Waals surface area contributed by atoms with Crippen molar-refractivity contribution in [3.8, 4) is 0 Å². The molecule has 0 aliphatic carbocycles. The lowest BCUT2D eigenvalue weighted by Crippen LogP contribution is -2.57. The van der Waals surface area contributed by atoms with Gasteiger partial charge in [-0.2, -0.15) is 0 Å². The second-order valence-electron chi connectivity index (χ2n) is 6.88. The highest BCUT2D eigenvalue weighted by Gasteiger charge is 2.46. The molecule has 3 heterocycles. The van der Waals surface area contributed by atoms with E-state index in [0.29, 0.717) is 12.0 Å². The van der Waals surface area contributed by atoms with E-state index in [2.05, 4.69) is 65.6 Å². The number of fused-ring (bicyclic) bond motifs is 3. The normalized spacial score (nSPS) is 29.6. The van der Waals surface area contributed by atoms with Gasteiger partial charge in [-0.1, -0.05) is 60.7 Å². The first kappa shape index (κ1) is 14.6. The van der Waals surface area contributed by atoms with Gasteiger partial charge in [0.15, 0.2) is 0 Å². The Labute approximate surface area is 138 Å². The first-order valence-corrected chi connectivity index (χ1v) is 8.67. The van der Waals surface area contributed by atoms with E-state index in [1.54, 1.807) is 0 Å². The smallest absolute Gasteiger partial charge is 0.124 e. The lowest BCUT2D eigenvalue weighted by molar-refractivity contribution is -0.121. The molecular weight excluding hydrogens is 282 g/mol. The van der Waals surface area contributed by atoms with E-state index in [1.807, 2.05) is 0 Å². The van der Waals surface area contributed by atoms with Gasteiger partial charge >= 0.3 is 0 Å². The van der Waals surface area contributed by atoms with Gasteiger partial charge in [0.25, 0.3) is 0 Å². The van der Waals surface area contributed by atoms with Crippen LogP contribution in [-0.4, -0.2) is 30.3 Å². The van der Waals surface area contributed by atoms with Gasteiger partial charge in [-0.3, -0.25) is 4.90 Å². The Morgan fingerprint density at radius 1 is 0.870 bits per heavy atom. The predicted octanol–water partition coefficient (Wildman–Crippen LogP) is 3.73. The first-order chi connectivity index (χ1) is 11.4. The zero-order chi connectivity index (χ0) is 15.6. The lowest BCUT2D eigenvalue weighted by atomic mass is 9.67. The van der Waals surface area contributed by atoms with Gasteiger partial charge in [0, 0.05) is 17.9 Å². The molecule has 3 fully saturated rings. The highest BCUT2D eigenvalue weighted by Crippen LogP contribution is 2.44. The van der Waals surface area contributed by atoms with Crippen LogP contribution in [0, 0.1) is 11.8 Å². The third kappa shape index (κ3) is 2.61. The van der Waals surface area contributed by atoms with Crippen molar-refractivity contribution in [1.29, 1.82) is 0 Å². The van der Waals surface area contributed by atoms with Crippen LogP contribution in [0.2, 0.25) is 0 Å². The van der Waals surface area contributed by atoms with Crippen molar-refractivity contribution >= 4 is 6.29 Å². The Bertz CT molecular complexity index is 607. The molecular formula is C21H23NO. The summed E-state index contributed by atoms with van der Waals surface area (Å²) in [6.07, 6.45) is 3.59. The fourth-order valence-corrected chi connectivity index (χ4v) is 4.66. The summed E-state index contributed by atoms with van der Waals surface area (Å²) in [5.74, 6) is 0.996. The largest absolute Gasteiger partial charge is 0.303 e. The third-order valence-corrected chi connectivity index (χ3v) is 5.75. The first-order valence-electron chi connectivity index (χ1n) is 8.67. The van der Waals surface area contributed by atoms with Gasteiger partial charge in [0.1, 0.15) is 6.29 Å². The SMILES string of the molecule is O=CC1C2CCN(CC2)[C@H]1C(c1ccccc1)c1ccccc1. The van der Waals surface area contributed by atoms with Gasteiger partial charge in [-0.15, -0.1) is 0 Å². The predicted molar refractivity (Wildman–Crippen MR) is 92.4 cm³/mol. The zero-order valence-corrected chi connectivity index (χ0v) is 13.3. The maximum atomic E-state index is 11.9. The van der Waals surface area contributed by atoms with Crippen molar-refractivity contribution in [3.63, 3.8) is 0 Å². The van der Waals surface area contributed by atoms with Crippen LogP contribution in [0.25, 0.3) is 0 Å². The average molecular weight is 305 g/mol. The van der Waals surface area contributed by atoms with Crippen LogP contribution < -0.4 is 0 Å². The summed E-state index contributed by atoms with van der Waals surface area (Å²) < 4.78 is 0. The standard InChI is InChI=1S/C21H23NO/c23-15-19-16-11-13-22(14-12-16)21(19)20(17-7-3-1-4-8-17)18-9-5-2-6-10-18/h1-10,15-16,19-21H,11-14H2/t19?,21-/m1/s1. The molecule has 0 spiro atoms. The fraction of sp³-hybridized carbons (Fsp3) is 0.381. The molecule has 0 N–H and O–H groups in total. The van der Waals surface area contributed by atoms with E-state index in [4.69, 9.17) is 0 Å². The molecule has 0 amide bonds. The van der Waals surface area contributed by atoms with E-state index >= 15 is 0 Å². The second kappa shape index (κ2) is 6.29. The van der Waals surface area contributed by atoms with Crippen LogP contribution in [0.4, 0.5) is 0 Å². The summed E-state index contributed by atoms with van der Waals surface area (Å²) in [5.41, 5.74) is 2.64. The Morgan fingerprint density at radius 3 is 1.87 bits per heavy atom. The van der Waals surface area contributed by atoms with Crippen LogP contribution in [0.3, 0.4) is 0 Å². The van der Waals surface area contributed by atoms with Gasteiger partial charge < -0.3 is 4.79 Å². The molecule has 0 saturated carbocycles. The summed E-state index contributed by atoms with van der Waals surface area (Å²) in [6.45, 7) is 2.27. The van der Waals surface area contributed by atoms with Crippen LogP contribution in [0.5, 0.6) is 0 Å². The molecule has 2 atom stereocenters. The van der Waals surface area contributed by atoms with Gasteiger partial charge in [-0.05, 0) is 43.0 Å². The topological polar surface area (TPSA) is 20.3 Å². The molecule has 2 bridgehead atoms. The zero-order valence-electron chi connectivity index (χ0n) is 13.3. The molecule has 0 aromatic heterocycles. The van der Waals surface area contributed by atoms with Crippen LogP contribution in [-0.2, 0) is 4.79 Å². The Hall–Kier alpha value is -1.93. The molecule has 23 heavy (non-hydrogen) atoms. The van der Waals surface area contributed by atoms with E-state index in [1.165, 1.54) is 30.3 Å². The molecule has 2 aromatic rings. The van der Waals surface area contributed by atoms with Crippen molar-refractivity contribution in [2.75, 3.05) is 13.1 Å². The number of piperidine rings is 3. The highest BCUT2D eigenvalue weighted by molar-refractivity contribution is 5.57. The minimum Gasteiger partial charge on any atom is -0.303 e. The quantitative estimate of drug-likeness (QED) is 0.802. The summed E-state index contributed by atoms with van der Waals surface area (Å²) in [7, 11) is 0. The molecule has 3 aliphatic rings. The van der Waals surface area contributed by atoms with Crippen molar-refractivity contribution < 1.29 is 4.79 Å². The summed E-state index contributed by atoms with van der Waals surface area (Å²) in [4.78, 5) is 14.5. The van der Waals surface area contributed by atoms with Crippen LogP contribution in [0.1, 0.15) is 29.9 Å². The Kier molecular flexibility index (Phi) is 4.00. The number of rotatable bonds is 4. The molecule has 1 unspecified atom stereocenters. The van der Waals surface area contributed by atoms with Crippen molar-refractivity contribution in [2.45, 2.75) is 24.8 Å². The van der Waals surface area contributed by atoms with Crippen molar-refractivity contribution in [3.05, 3.63) is 71.8 Å². The summed E-state index contributed by atoms with van der Waals surface area (Å²) in [5, 5.41) is 0. The molecule has 2 heteroatoms. The lowest BCUT2D eigenvalue weighted by Gasteiger charge is -2.52. The van der Waals surface area contributed by atoms with E-state index in [-0.39, 0.29) is 11.8 Å². The summed E-state index contributed by atoms with van der Waals surface area (Å²) >= 11 is 0. The molecule has 2 nitrogen and oxygen atoms in total. The molecule has 3 aliphatic heterocycles. The number of benzene rings is 2. The van der Waals surface area contributed by atoms with Gasteiger partial charge in [0.2, 0.25) is 0 Å². The molecule has 3 saturated heterocycles. The van der Waals surface area contributed by atoms with Crippen LogP contribution >= 0.6 is 0 Å². The summed E-state index contributed by atoms with van der Waals surface area (Å²) in [6, 6.07) is 21.7. The fourth-order valence-electron chi connectivity index (χ4n) is 4.66. The van der Waals surface area contributed by atoms with Gasteiger partial charge in [0.05, 0.1) is 0 Å². The number of hydrogen-bond donors (Lipinski definition) is 0. The second-order valence-corrected chi connectivity index (χ2v) is 6.88. The average Bonchev–Trinajstić information content (AvgIpc) is 2.65. The third-order valence-electron chi connectivity index (χ3n) is 5.75. The molecule has 5 rings (SSSR count). The molecule has 0 radical (unpaired) electrons. The van der Waals surface area contributed by atoms with Crippen molar-refractivity contribution in [1.82, 2.24) is 4.90 Å². The van der Waals surface area contributed by atoms with E-state index < -0.39 is 0 Å². The molecule has 2 aromatic carbocycles. The van der Waals surface area contributed by atoms with E-state index in [9.17, 15) is 4.79 Å². The number of nitrogens with zero attached hydrogens (tertiary/aromatic N) is 1. The Morgan fingerprint density at radius 2 is 1.39 bits per heavy atom. The number of hydrogen-bond acceptors (Lipinski definition) is 2. The maximum Gasteiger partial charge on any atom is 0.124 e. The van der Waals surface area contributed by atoms with Crippen molar-refractivity contribution in [2.24, 2.45) is 11.8 Å². The molecule has 118 valence electrons. The minimum atomic E-state index is 0.155. The minimum absolute atomic E-state index is 0.155. The Balaban J connectivity index is 1.80. The van der Waals surface area contributed by atoms with Crippen LogP contribution in [0.15, 0.2) is 60.7 Å². The van der Waals surface area contributed by atoms with E-state index in [0.717, 1.165) is 13.1 Å².